The molecular weight excluding hydrogens is 194 g/mol. The van der Waals surface area contributed by atoms with Gasteiger partial charge in [0.2, 0.25) is 0 Å². The quantitative estimate of drug-likeness (QED) is 0.805. The Balaban J connectivity index is 2.46. The third-order valence-electron chi connectivity index (χ3n) is 3.00. The number of rotatable bonds is 2. The van der Waals surface area contributed by atoms with Gasteiger partial charge in [-0.2, -0.15) is 0 Å². The lowest BCUT2D eigenvalue weighted by molar-refractivity contribution is -0.0260. The van der Waals surface area contributed by atoms with Crippen molar-refractivity contribution in [1.82, 2.24) is 4.98 Å². The van der Waals surface area contributed by atoms with Crippen LogP contribution in [0.5, 0.6) is 0 Å². The van der Waals surface area contributed by atoms with E-state index in [2.05, 4.69) is 4.98 Å². The smallest absolute Gasteiger partial charge is 0.354 e. The first-order chi connectivity index (χ1) is 7.07. The molecule has 1 N–H and O–H groups in total. The van der Waals surface area contributed by atoms with Crippen LogP contribution in [0.3, 0.4) is 0 Å². The number of pyridine rings is 1. The molecule has 0 spiro atoms. The van der Waals surface area contributed by atoms with Crippen LogP contribution >= 0.6 is 0 Å². The number of carbonyl (C=O) groups is 1. The normalized spacial score (nSPS) is 23.9. The molecule has 0 bridgehead atoms. The third-order valence-corrected chi connectivity index (χ3v) is 3.00. The first-order valence-corrected chi connectivity index (χ1v) is 4.93. The predicted molar refractivity (Wildman–Crippen MR) is 53.6 cm³/mol. The van der Waals surface area contributed by atoms with E-state index >= 15 is 0 Å². The van der Waals surface area contributed by atoms with Gasteiger partial charge in [0.05, 0.1) is 12.2 Å². The van der Waals surface area contributed by atoms with Gasteiger partial charge < -0.3 is 9.84 Å². The Hall–Kier alpha value is -1.42. The maximum Gasteiger partial charge on any atom is 0.354 e. The lowest BCUT2D eigenvalue weighted by atomic mass is 9.93. The summed E-state index contributed by atoms with van der Waals surface area (Å²) >= 11 is 0. The highest BCUT2D eigenvalue weighted by molar-refractivity contribution is 5.85. The number of carboxylic acids is 1. The molecule has 1 aliphatic heterocycles. The number of hydrogen-bond acceptors (Lipinski definition) is 3. The Labute approximate surface area is 87.9 Å². The molecule has 4 heteroatoms. The Kier molecular flexibility index (Phi) is 2.23. The summed E-state index contributed by atoms with van der Waals surface area (Å²) in [5.74, 6) is -0.997. The van der Waals surface area contributed by atoms with Crippen molar-refractivity contribution < 1.29 is 14.6 Å². The van der Waals surface area contributed by atoms with Crippen LogP contribution in [0.2, 0.25) is 0 Å². The minimum absolute atomic E-state index is 0.0812. The number of nitrogens with zero attached hydrogens (tertiary/aromatic N) is 1. The highest BCUT2D eigenvalue weighted by Gasteiger charge is 2.34. The zero-order valence-electron chi connectivity index (χ0n) is 8.78. The van der Waals surface area contributed by atoms with Crippen LogP contribution < -0.4 is 0 Å². The van der Waals surface area contributed by atoms with Crippen molar-refractivity contribution in [2.45, 2.75) is 32.5 Å². The summed E-state index contributed by atoms with van der Waals surface area (Å²) in [4.78, 5) is 14.6. The van der Waals surface area contributed by atoms with E-state index in [9.17, 15) is 4.79 Å². The van der Waals surface area contributed by atoms with E-state index in [1.807, 2.05) is 13.8 Å². The van der Waals surface area contributed by atoms with Gasteiger partial charge in [-0.1, -0.05) is 6.92 Å². The van der Waals surface area contributed by atoms with Gasteiger partial charge in [0.25, 0.3) is 0 Å². The topological polar surface area (TPSA) is 59.4 Å². The van der Waals surface area contributed by atoms with Gasteiger partial charge in [-0.25, -0.2) is 9.78 Å². The van der Waals surface area contributed by atoms with Gasteiger partial charge >= 0.3 is 5.97 Å². The Morgan fingerprint density at radius 2 is 2.47 bits per heavy atom. The van der Waals surface area contributed by atoms with Gasteiger partial charge in [0.1, 0.15) is 5.69 Å². The fourth-order valence-corrected chi connectivity index (χ4v) is 1.82. The third kappa shape index (κ3) is 1.51. The van der Waals surface area contributed by atoms with Crippen molar-refractivity contribution in [3.8, 4) is 0 Å². The maximum absolute atomic E-state index is 10.7. The molecule has 1 aromatic rings. The number of aromatic carboxylic acids is 1. The number of carboxylic acid groups (broad SMARTS) is 1. The zero-order valence-corrected chi connectivity index (χ0v) is 8.78. The maximum atomic E-state index is 10.7. The van der Waals surface area contributed by atoms with Crippen molar-refractivity contribution in [1.29, 1.82) is 0 Å². The van der Waals surface area contributed by atoms with Crippen LogP contribution in [0.4, 0.5) is 0 Å². The minimum atomic E-state index is -0.997. The van der Waals surface area contributed by atoms with Gasteiger partial charge in [-0.05, 0) is 25.0 Å². The van der Waals surface area contributed by atoms with Crippen molar-refractivity contribution >= 4 is 5.97 Å². The summed E-state index contributed by atoms with van der Waals surface area (Å²) in [6.07, 6.45) is 2.48. The van der Waals surface area contributed by atoms with Gasteiger partial charge in [-0.15, -0.1) is 0 Å². The Morgan fingerprint density at radius 3 is 3.07 bits per heavy atom. The lowest BCUT2D eigenvalue weighted by Crippen LogP contribution is -2.19. The van der Waals surface area contributed by atoms with Crippen molar-refractivity contribution in [2.75, 3.05) is 0 Å². The second-order valence-corrected chi connectivity index (χ2v) is 3.90. The molecule has 0 amide bonds. The second kappa shape index (κ2) is 3.31. The molecule has 1 aliphatic rings. The number of hydrogen-bond donors (Lipinski definition) is 1. The molecule has 2 heterocycles. The zero-order chi connectivity index (χ0) is 11.1. The average Bonchev–Trinajstić information content (AvgIpc) is 2.57. The summed E-state index contributed by atoms with van der Waals surface area (Å²) in [6, 6.07) is 1.60. The largest absolute Gasteiger partial charge is 0.477 e. The molecule has 0 aliphatic carbocycles. The molecule has 0 radical (unpaired) electrons. The molecule has 2 rings (SSSR count). The number of ether oxygens (including phenoxy) is 1. The first kappa shape index (κ1) is 10.1. The van der Waals surface area contributed by atoms with E-state index in [4.69, 9.17) is 9.84 Å². The average molecular weight is 207 g/mol. The molecule has 0 fully saturated rings. The fraction of sp³-hybridized carbons (Fsp3) is 0.455. The van der Waals surface area contributed by atoms with Gasteiger partial charge in [0.15, 0.2) is 0 Å². The van der Waals surface area contributed by atoms with E-state index in [-0.39, 0.29) is 11.3 Å². The standard InChI is InChI=1S/C11H13NO3/c1-3-11(2)8-5-12-9(10(13)14)4-7(8)6-15-11/h4-5H,3,6H2,1-2H3,(H,13,14)/t11-/m0/s1. The van der Waals surface area contributed by atoms with Crippen LogP contribution in [0.1, 0.15) is 41.9 Å². The van der Waals surface area contributed by atoms with Crippen molar-refractivity contribution in [3.63, 3.8) is 0 Å². The van der Waals surface area contributed by atoms with E-state index in [0.717, 1.165) is 17.5 Å². The van der Waals surface area contributed by atoms with E-state index in [0.29, 0.717) is 6.61 Å². The van der Waals surface area contributed by atoms with Crippen LogP contribution in [-0.4, -0.2) is 16.1 Å². The monoisotopic (exact) mass is 207 g/mol. The highest BCUT2D eigenvalue weighted by atomic mass is 16.5. The molecule has 4 nitrogen and oxygen atoms in total. The van der Waals surface area contributed by atoms with Crippen LogP contribution in [0.25, 0.3) is 0 Å². The van der Waals surface area contributed by atoms with Crippen LogP contribution in [0.15, 0.2) is 12.3 Å². The SMILES string of the molecule is CC[C@]1(C)OCc2cc(C(=O)O)ncc21. The van der Waals surface area contributed by atoms with E-state index in [1.54, 1.807) is 12.3 Å². The molecule has 0 aromatic carbocycles. The van der Waals surface area contributed by atoms with Gasteiger partial charge in [0, 0.05) is 11.8 Å². The van der Waals surface area contributed by atoms with Crippen LogP contribution in [-0.2, 0) is 16.9 Å². The highest BCUT2D eigenvalue weighted by Crippen LogP contribution is 2.38. The second-order valence-electron chi connectivity index (χ2n) is 3.90. The molecule has 0 saturated heterocycles. The summed E-state index contributed by atoms with van der Waals surface area (Å²) in [5.41, 5.74) is 1.72. The molecular formula is C11H13NO3. The summed E-state index contributed by atoms with van der Waals surface area (Å²) in [7, 11) is 0. The summed E-state index contributed by atoms with van der Waals surface area (Å²) in [6.45, 7) is 4.52. The Bertz CT molecular complexity index is 416. The van der Waals surface area contributed by atoms with Crippen molar-refractivity contribution in [3.05, 3.63) is 29.1 Å². The molecule has 1 aromatic heterocycles. The molecule has 1 atom stereocenters. The van der Waals surface area contributed by atoms with E-state index in [1.165, 1.54) is 0 Å². The molecule has 80 valence electrons. The summed E-state index contributed by atoms with van der Waals surface area (Å²) < 4.78 is 5.66. The van der Waals surface area contributed by atoms with Crippen molar-refractivity contribution in [2.24, 2.45) is 0 Å². The van der Waals surface area contributed by atoms with E-state index < -0.39 is 5.97 Å². The molecule has 0 saturated carbocycles. The lowest BCUT2D eigenvalue weighted by Gasteiger charge is -2.22. The fourth-order valence-electron chi connectivity index (χ4n) is 1.82. The minimum Gasteiger partial charge on any atom is -0.477 e. The molecule has 15 heavy (non-hydrogen) atoms. The summed E-state index contributed by atoms with van der Waals surface area (Å²) in [5, 5.41) is 8.80. The number of aromatic nitrogens is 1. The first-order valence-electron chi connectivity index (χ1n) is 4.93. The Morgan fingerprint density at radius 1 is 1.73 bits per heavy atom. The van der Waals surface area contributed by atoms with Crippen LogP contribution in [0, 0.1) is 0 Å². The predicted octanol–water partition coefficient (Wildman–Crippen LogP) is 1.94. The van der Waals surface area contributed by atoms with Gasteiger partial charge in [-0.3, -0.25) is 0 Å². The number of fused-ring (bicyclic) bond motifs is 1. The molecule has 0 unspecified atom stereocenters.